The molecule has 1 heterocycles. The summed E-state index contributed by atoms with van der Waals surface area (Å²) in [5.41, 5.74) is 6.17. The Morgan fingerprint density at radius 2 is 2.43 bits per heavy atom. The number of thiophene rings is 1. The highest BCUT2D eigenvalue weighted by molar-refractivity contribution is 7.14. The van der Waals surface area contributed by atoms with Crippen molar-refractivity contribution in [3.63, 3.8) is 0 Å². The lowest BCUT2D eigenvalue weighted by Crippen LogP contribution is -2.04. The highest BCUT2D eigenvalue weighted by Crippen LogP contribution is 2.23. The SMILES string of the molecule is Cc1sc(C(=O)OCCCF)cc1N. The first kappa shape index (κ1) is 11.0. The molecule has 1 aromatic heterocycles. The fourth-order valence-electron chi connectivity index (χ4n) is 0.887. The molecule has 3 nitrogen and oxygen atoms in total. The van der Waals surface area contributed by atoms with Gasteiger partial charge in [0.25, 0.3) is 0 Å². The van der Waals surface area contributed by atoms with Crippen molar-refractivity contribution in [3.05, 3.63) is 15.8 Å². The lowest BCUT2D eigenvalue weighted by Gasteiger charge is -1.99. The number of alkyl halides is 1. The van der Waals surface area contributed by atoms with E-state index in [0.717, 1.165) is 4.88 Å². The van der Waals surface area contributed by atoms with Gasteiger partial charge in [-0.15, -0.1) is 11.3 Å². The molecule has 0 aliphatic rings. The minimum absolute atomic E-state index is 0.117. The van der Waals surface area contributed by atoms with Gasteiger partial charge in [-0.05, 0) is 13.0 Å². The van der Waals surface area contributed by atoms with Crippen molar-refractivity contribution in [3.8, 4) is 0 Å². The Kier molecular flexibility index (Phi) is 3.88. The normalized spacial score (nSPS) is 10.1. The average Bonchev–Trinajstić information content (AvgIpc) is 2.47. The molecule has 0 bridgehead atoms. The molecule has 0 aliphatic carbocycles. The van der Waals surface area contributed by atoms with Gasteiger partial charge in [-0.25, -0.2) is 4.79 Å². The van der Waals surface area contributed by atoms with E-state index < -0.39 is 12.6 Å². The molecule has 0 saturated carbocycles. The van der Waals surface area contributed by atoms with Crippen molar-refractivity contribution >= 4 is 23.0 Å². The van der Waals surface area contributed by atoms with Crippen molar-refractivity contribution in [1.82, 2.24) is 0 Å². The quantitative estimate of drug-likeness (QED) is 0.621. The van der Waals surface area contributed by atoms with Crippen LogP contribution in [0.2, 0.25) is 0 Å². The van der Waals surface area contributed by atoms with E-state index in [1.165, 1.54) is 11.3 Å². The second kappa shape index (κ2) is 4.95. The summed E-state index contributed by atoms with van der Waals surface area (Å²) in [6, 6.07) is 1.58. The molecule has 78 valence electrons. The molecule has 0 radical (unpaired) electrons. The first-order chi connectivity index (χ1) is 6.65. The number of rotatable bonds is 4. The van der Waals surface area contributed by atoms with Crippen LogP contribution in [0.15, 0.2) is 6.07 Å². The van der Waals surface area contributed by atoms with Gasteiger partial charge < -0.3 is 10.5 Å². The third-order valence-electron chi connectivity index (χ3n) is 1.67. The topological polar surface area (TPSA) is 52.3 Å². The Bertz CT molecular complexity index is 305. The maximum atomic E-state index is 11.7. The predicted molar refractivity (Wildman–Crippen MR) is 54.3 cm³/mol. The summed E-state index contributed by atoms with van der Waals surface area (Å²) in [4.78, 5) is 12.7. The lowest BCUT2D eigenvalue weighted by atomic mass is 10.4. The monoisotopic (exact) mass is 217 g/mol. The second-order valence-electron chi connectivity index (χ2n) is 2.80. The Labute approximate surface area is 85.7 Å². The number of hydrogen-bond donors (Lipinski definition) is 1. The summed E-state index contributed by atoms with van der Waals surface area (Å²) in [6.45, 7) is 1.48. The molecule has 1 rings (SSSR count). The minimum Gasteiger partial charge on any atom is -0.461 e. The number of ether oxygens (including phenoxy) is 1. The zero-order chi connectivity index (χ0) is 10.6. The minimum atomic E-state index is -0.473. The molecular weight excluding hydrogens is 205 g/mol. The molecule has 0 aromatic carbocycles. The van der Waals surface area contributed by atoms with Crippen LogP contribution in [0, 0.1) is 6.92 Å². The van der Waals surface area contributed by atoms with Crippen molar-refractivity contribution in [2.45, 2.75) is 13.3 Å². The summed E-state index contributed by atoms with van der Waals surface area (Å²) < 4.78 is 16.5. The highest BCUT2D eigenvalue weighted by Gasteiger charge is 2.11. The fraction of sp³-hybridized carbons (Fsp3) is 0.444. The van der Waals surface area contributed by atoms with Gasteiger partial charge in [-0.1, -0.05) is 0 Å². The number of carbonyl (C=O) groups excluding carboxylic acids is 1. The lowest BCUT2D eigenvalue weighted by molar-refractivity contribution is 0.0500. The standard InChI is InChI=1S/C9H12FNO2S/c1-6-7(11)5-8(14-6)9(12)13-4-2-3-10/h5H,2-4,11H2,1H3. The first-order valence-electron chi connectivity index (χ1n) is 4.24. The largest absolute Gasteiger partial charge is 0.461 e. The van der Waals surface area contributed by atoms with Crippen LogP contribution in [0.3, 0.4) is 0 Å². The van der Waals surface area contributed by atoms with Crippen LogP contribution in [0.25, 0.3) is 0 Å². The molecule has 0 saturated heterocycles. The van der Waals surface area contributed by atoms with Gasteiger partial charge in [0.05, 0.1) is 13.3 Å². The first-order valence-corrected chi connectivity index (χ1v) is 5.05. The van der Waals surface area contributed by atoms with E-state index >= 15 is 0 Å². The molecule has 0 fully saturated rings. The van der Waals surface area contributed by atoms with Crippen LogP contribution in [0.1, 0.15) is 21.0 Å². The van der Waals surface area contributed by atoms with Gasteiger partial charge in [-0.3, -0.25) is 4.39 Å². The zero-order valence-electron chi connectivity index (χ0n) is 7.88. The van der Waals surface area contributed by atoms with Gasteiger partial charge in [0, 0.05) is 17.0 Å². The number of nitrogens with two attached hydrogens (primary N) is 1. The molecule has 5 heteroatoms. The molecule has 0 aliphatic heterocycles. The molecule has 0 atom stereocenters. The summed E-state index contributed by atoms with van der Waals surface area (Å²) in [5.74, 6) is -0.428. The van der Waals surface area contributed by atoms with Crippen molar-refractivity contribution in [2.75, 3.05) is 19.0 Å². The van der Waals surface area contributed by atoms with E-state index in [-0.39, 0.29) is 13.0 Å². The summed E-state index contributed by atoms with van der Waals surface area (Å²) in [5, 5.41) is 0. The number of carbonyl (C=O) groups is 1. The molecule has 2 N–H and O–H groups in total. The van der Waals surface area contributed by atoms with Crippen LogP contribution in [0.4, 0.5) is 10.1 Å². The Morgan fingerprint density at radius 1 is 1.71 bits per heavy atom. The van der Waals surface area contributed by atoms with E-state index in [1.807, 2.05) is 6.92 Å². The van der Waals surface area contributed by atoms with Gasteiger partial charge in [0.1, 0.15) is 4.88 Å². The molecule has 1 aromatic rings. The highest BCUT2D eigenvalue weighted by atomic mass is 32.1. The van der Waals surface area contributed by atoms with E-state index in [2.05, 4.69) is 0 Å². The third kappa shape index (κ3) is 2.70. The molecule has 14 heavy (non-hydrogen) atoms. The number of halogens is 1. The number of nitrogen functional groups attached to an aromatic ring is 1. The van der Waals surface area contributed by atoms with Gasteiger partial charge in [0.15, 0.2) is 0 Å². The summed E-state index contributed by atoms with van der Waals surface area (Å²) in [7, 11) is 0. The van der Waals surface area contributed by atoms with Crippen LogP contribution in [-0.2, 0) is 4.74 Å². The van der Waals surface area contributed by atoms with E-state index in [4.69, 9.17) is 10.5 Å². The zero-order valence-corrected chi connectivity index (χ0v) is 8.70. The maximum Gasteiger partial charge on any atom is 0.348 e. The number of hydrogen-bond acceptors (Lipinski definition) is 4. The Hall–Kier alpha value is -1.10. The summed E-state index contributed by atoms with van der Waals surface area (Å²) in [6.07, 6.45) is 0.242. The van der Waals surface area contributed by atoms with Gasteiger partial charge in [-0.2, -0.15) is 0 Å². The average molecular weight is 217 g/mol. The second-order valence-corrected chi connectivity index (χ2v) is 4.06. The van der Waals surface area contributed by atoms with E-state index in [1.54, 1.807) is 6.07 Å². The maximum absolute atomic E-state index is 11.7. The Balaban J connectivity index is 2.52. The van der Waals surface area contributed by atoms with E-state index in [0.29, 0.717) is 10.6 Å². The van der Waals surface area contributed by atoms with Crippen molar-refractivity contribution in [1.29, 1.82) is 0 Å². The Morgan fingerprint density at radius 3 is 2.93 bits per heavy atom. The van der Waals surface area contributed by atoms with Crippen LogP contribution in [0.5, 0.6) is 0 Å². The van der Waals surface area contributed by atoms with Crippen molar-refractivity contribution in [2.24, 2.45) is 0 Å². The van der Waals surface area contributed by atoms with E-state index in [9.17, 15) is 9.18 Å². The van der Waals surface area contributed by atoms with Crippen LogP contribution in [-0.4, -0.2) is 19.3 Å². The number of esters is 1. The molecule has 0 unspecified atom stereocenters. The van der Waals surface area contributed by atoms with Crippen LogP contribution < -0.4 is 5.73 Å². The predicted octanol–water partition coefficient (Wildman–Crippen LogP) is 2.16. The smallest absolute Gasteiger partial charge is 0.348 e. The molecule has 0 amide bonds. The van der Waals surface area contributed by atoms with Gasteiger partial charge in [0.2, 0.25) is 0 Å². The van der Waals surface area contributed by atoms with Crippen molar-refractivity contribution < 1.29 is 13.9 Å². The number of anilines is 1. The summed E-state index contributed by atoms with van der Waals surface area (Å²) >= 11 is 1.29. The fourth-order valence-corrected chi connectivity index (χ4v) is 1.72. The molecular formula is C9H12FNO2S. The third-order valence-corrected chi connectivity index (χ3v) is 2.71. The molecule has 0 spiro atoms. The van der Waals surface area contributed by atoms with Gasteiger partial charge >= 0.3 is 5.97 Å². The van der Waals surface area contributed by atoms with Crippen LogP contribution >= 0.6 is 11.3 Å². The number of aryl methyl sites for hydroxylation is 1.